The van der Waals surface area contributed by atoms with Gasteiger partial charge >= 0.3 is 5.69 Å². The number of halogens is 3. The maximum atomic E-state index is 14.9. The number of benzene rings is 2. The molecule has 1 aliphatic rings. The van der Waals surface area contributed by atoms with Gasteiger partial charge in [0.15, 0.2) is 0 Å². The molecule has 1 fully saturated rings. The largest absolute Gasteiger partial charge is 0.338 e. The first-order valence-corrected chi connectivity index (χ1v) is 13.7. The normalized spacial score (nSPS) is 12.9. The lowest BCUT2D eigenvalue weighted by atomic mass is 10.1. The third-order valence-electron chi connectivity index (χ3n) is 6.79. The number of nitrogens with one attached hydrogen (secondary N) is 2. The molecule has 13 heteroatoms. The third kappa shape index (κ3) is 5.81. The Balaban J connectivity index is 0.00000387. The van der Waals surface area contributed by atoms with Crippen molar-refractivity contribution < 1.29 is 9.18 Å². The van der Waals surface area contributed by atoms with Crippen LogP contribution in [0.25, 0.3) is 16.6 Å². The van der Waals surface area contributed by atoms with Crippen LogP contribution >= 0.6 is 35.0 Å². The van der Waals surface area contributed by atoms with Gasteiger partial charge in [-0.15, -0.1) is 12.4 Å². The lowest BCUT2D eigenvalue weighted by Crippen LogP contribution is -2.41. The van der Waals surface area contributed by atoms with E-state index < -0.39 is 22.6 Å². The molecule has 1 saturated carbocycles. The van der Waals surface area contributed by atoms with Gasteiger partial charge in [0, 0.05) is 27.9 Å². The molecule has 2 aromatic heterocycles. The molecule has 0 bridgehead atoms. The zero-order chi connectivity index (χ0) is 28.9. The molecule has 5 rings (SSSR count). The summed E-state index contributed by atoms with van der Waals surface area (Å²) in [7, 11) is 5.05. The van der Waals surface area contributed by atoms with Crippen LogP contribution < -0.4 is 27.4 Å². The fourth-order valence-corrected chi connectivity index (χ4v) is 5.24. The highest BCUT2D eigenvalue weighted by molar-refractivity contribution is 14.1. The van der Waals surface area contributed by atoms with Crippen molar-refractivity contribution in [3.63, 3.8) is 0 Å². The van der Waals surface area contributed by atoms with E-state index in [4.69, 9.17) is 0 Å². The zero-order valence-corrected chi connectivity index (χ0v) is 25.8. The molecule has 0 radical (unpaired) electrons. The topological polar surface area (TPSA) is 110 Å². The minimum atomic E-state index is -0.584. The predicted molar refractivity (Wildman–Crippen MR) is 169 cm³/mol. The van der Waals surface area contributed by atoms with Crippen LogP contribution in [0.3, 0.4) is 0 Å². The van der Waals surface area contributed by atoms with Crippen molar-refractivity contribution >= 4 is 69.0 Å². The molecule has 2 aromatic carbocycles. The molecule has 0 aliphatic heterocycles. The predicted octanol–water partition coefficient (Wildman–Crippen LogP) is 3.90. The van der Waals surface area contributed by atoms with E-state index in [9.17, 15) is 23.6 Å². The van der Waals surface area contributed by atoms with E-state index in [0.717, 1.165) is 0 Å². The van der Waals surface area contributed by atoms with Crippen molar-refractivity contribution in [1.82, 2.24) is 18.6 Å². The van der Waals surface area contributed by atoms with E-state index in [1.807, 2.05) is 22.6 Å². The van der Waals surface area contributed by atoms with Crippen LogP contribution in [0, 0.1) is 16.3 Å². The number of amides is 1. The number of carbonyl (C=O) groups is 1. The quantitative estimate of drug-likeness (QED) is 0.284. The Labute approximate surface area is 254 Å². The monoisotopic (exact) mass is 694 g/mol. The van der Waals surface area contributed by atoms with Crippen molar-refractivity contribution in [3.8, 4) is 5.69 Å². The molecule has 0 spiro atoms. The molecular weight excluding hydrogens is 666 g/mol. The van der Waals surface area contributed by atoms with Crippen molar-refractivity contribution in [3.05, 3.63) is 88.6 Å². The standard InChI is InChI=1S/C28H28FIN6O4.ClH/c1-15-24-23(25(34(4)26(15)38)32-21-11-8-16(30)12-20(21)29)27(39)36(18-9-10-18)28(40)35(24)19-7-5-6-17(13-19)31-22(37)14-33(2)3;/h5-8,11-13,18,32H,9-10,14H2,1-4H3,(H,31,37);1H. The number of carbonyl (C=O) groups excluding carboxylic acids is 1. The highest BCUT2D eigenvalue weighted by Gasteiger charge is 2.31. The fraction of sp³-hybridized carbons (Fsp3) is 0.286. The summed E-state index contributed by atoms with van der Waals surface area (Å²) in [5.41, 5.74) is -0.370. The summed E-state index contributed by atoms with van der Waals surface area (Å²) in [5.74, 6) is -0.710. The van der Waals surface area contributed by atoms with Crippen molar-refractivity contribution in [2.45, 2.75) is 25.8 Å². The Bertz CT molecular complexity index is 1860. The second-order valence-corrected chi connectivity index (χ2v) is 11.4. The van der Waals surface area contributed by atoms with Gasteiger partial charge in [-0.3, -0.25) is 28.1 Å². The number of pyridine rings is 1. The number of nitrogens with zero attached hydrogens (tertiary/aromatic N) is 4. The fourth-order valence-electron chi connectivity index (χ4n) is 4.78. The minimum absolute atomic E-state index is 0. The highest BCUT2D eigenvalue weighted by Crippen LogP contribution is 2.34. The molecule has 0 atom stereocenters. The van der Waals surface area contributed by atoms with Crippen molar-refractivity contribution in [2.24, 2.45) is 7.05 Å². The summed E-state index contributed by atoms with van der Waals surface area (Å²) < 4.78 is 19.4. The van der Waals surface area contributed by atoms with Gasteiger partial charge in [-0.1, -0.05) is 6.07 Å². The lowest BCUT2D eigenvalue weighted by molar-refractivity contribution is -0.116. The van der Waals surface area contributed by atoms with Crippen molar-refractivity contribution in [1.29, 1.82) is 0 Å². The number of anilines is 3. The van der Waals surface area contributed by atoms with Crippen LogP contribution in [-0.4, -0.2) is 45.1 Å². The number of likely N-dealkylation sites (N-methyl/N-ethyl adjacent to an activating group) is 1. The minimum Gasteiger partial charge on any atom is -0.338 e. The summed E-state index contributed by atoms with van der Waals surface area (Å²) in [5, 5.41) is 5.86. The smallest absolute Gasteiger partial charge is 0.336 e. The van der Waals surface area contributed by atoms with Crippen LogP contribution in [0.2, 0.25) is 0 Å². The summed E-state index contributed by atoms with van der Waals surface area (Å²) in [6, 6.07) is 11.0. The van der Waals surface area contributed by atoms with Crippen LogP contribution in [-0.2, 0) is 11.8 Å². The van der Waals surface area contributed by atoms with Crippen molar-refractivity contribution in [2.75, 3.05) is 31.3 Å². The number of aromatic nitrogens is 3. The van der Waals surface area contributed by atoms with Gasteiger partial charge in [-0.25, -0.2) is 9.18 Å². The molecular formula is C28H29ClFIN6O4. The molecule has 0 unspecified atom stereocenters. The maximum Gasteiger partial charge on any atom is 0.336 e. The van der Waals surface area contributed by atoms with Gasteiger partial charge in [-0.05, 0) is 92.8 Å². The number of hydrogen-bond donors (Lipinski definition) is 2. The average molecular weight is 695 g/mol. The Hall–Kier alpha value is -3.49. The van der Waals surface area contributed by atoms with Gasteiger partial charge in [0.2, 0.25) is 5.91 Å². The lowest BCUT2D eigenvalue weighted by Gasteiger charge is -2.21. The summed E-state index contributed by atoms with van der Waals surface area (Å²) >= 11 is 1.99. The van der Waals surface area contributed by atoms with Crippen LogP contribution in [0.15, 0.2) is 56.8 Å². The van der Waals surface area contributed by atoms with E-state index in [0.29, 0.717) is 27.8 Å². The molecule has 1 aliphatic carbocycles. The molecule has 10 nitrogen and oxygen atoms in total. The van der Waals surface area contributed by atoms with Crippen LogP contribution in [0.5, 0.6) is 0 Å². The molecule has 1 amide bonds. The molecule has 0 saturated heterocycles. The number of aryl methyl sites for hydroxylation is 1. The average Bonchev–Trinajstić information content (AvgIpc) is 3.71. The number of hydrogen-bond acceptors (Lipinski definition) is 6. The summed E-state index contributed by atoms with van der Waals surface area (Å²) in [4.78, 5) is 55.4. The van der Waals surface area contributed by atoms with E-state index in [1.165, 1.54) is 32.9 Å². The highest BCUT2D eigenvalue weighted by atomic mass is 127. The zero-order valence-electron chi connectivity index (χ0n) is 22.8. The number of fused-ring (bicyclic) bond motifs is 1. The van der Waals surface area contributed by atoms with Gasteiger partial charge in [0.05, 0.1) is 23.4 Å². The molecule has 216 valence electrons. The summed E-state index contributed by atoms with van der Waals surface area (Å²) in [6.45, 7) is 1.72. The molecule has 2 heterocycles. The van der Waals surface area contributed by atoms with Gasteiger partial charge in [0.25, 0.3) is 11.1 Å². The first-order chi connectivity index (χ1) is 19.0. The van der Waals surface area contributed by atoms with E-state index >= 15 is 0 Å². The summed E-state index contributed by atoms with van der Waals surface area (Å²) in [6.07, 6.45) is 1.33. The molecule has 2 N–H and O–H groups in total. The maximum absolute atomic E-state index is 14.9. The molecule has 41 heavy (non-hydrogen) atoms. The van der Waals surface area contributed by atoms with Gasteiger partial charge < -0.3 is 15.5 Å². The first-order valence-electron chi connectivity index (χ1n) is 12.7. The Morgan fingerprint density at radius 2 is 1.80 bits per heavy atom. The number of rotatable bonds is 7. The van der Waals surface area contributed by atoms with E-state index in [-0.39, 0.29) is 58.9 Å². The Morgan fingerprint density at radius 3 is 2.44 bits per heavy atom. The Kier molecular flexibility index (Phi) is 8.76. The third-order valence-corrected chi connectivity index (χ3v) is 7.46. The van der Waals surface area contributed by atoms with Crippen LogP contribution in [0.4, 0.5) is 21.6 Å². The SMILES string of the molecule is Cc1c(=O)n(C)c(Nc2ccc(I)cc2F)c2c(=O)n(C3CC3)c(=O)n(-c3cccc(NC(=O)CN(C)C)c3)c12.Cl. The van der Waals surface area contributed by atoms with Gasteiger partial charge in [0.1, 0.15) is 17.0 Å². The first kappa shape index (κ1) is 30.5. The second kappa shape index (κ2) is 11.8. The van der Waals surface area contributed by atoms with E-state index in [1.54, 1.807) is 56.3 Å². The Morgan fingerprint density at radius 1 is 1.10 bits per heavy atom. The van der Waals surface area contributed by atoms with Crippen LogP contribution in [0.1, 0.15) is 24.4 Å². The molecule has 4 aromatic rings. The van der Waals surface area contributed by atoms with Gasteiger partial charge in [-0.2, -0.15) is 0 Å². The second-order valence-electron chi connectivity index (χ2n) is 10.2. The van der Waals surface area contributed by atoms with E-state index in [2.05, 4.69) is 10.6 Å².